The molecule has 5 heteroatoms. The van der Waals surface area contributed by atoms with Gasteiger partial charge in [-0.15, -0.1) is 0 Å². The number of hydrogen-bond acceptors (Lipinski definition) is 3. The van der Waals surface area contributed by atoms with Gasteiger partial charge < -0.3 is 10.2 Å². The molecule has 2 atom stereocenters. The maximum atomic E-state index is 11.9. The molecule has 0 bridgehead atoms. The second-order valence-corrected chi connectivity index (χ2v) is 5.71. The molecule has 102 valence electrons. The Morgan fingerprint density at radius 1 is 1.44 bits per heavy atom. The monoisotopic (exact) mass is 270 g/mol. The summed E-state index contributed by atoms with van der Waals surface area (Å²) < 4.78 is 0. The quantitative estimate of drug-likeness (QED) is 0.769. The van der Waals surface area contributed by atoms with Crippen LogP contribution in [-0.4, -0.2) is 47.9 Å². The summed E-state index contributed by atoms with van der Waals surface area (Å²) in [5.41, 5.74) is 0. The van der Waals surface area contributed by atoms with Crippen LogP contribution in [0.3, 0.4) is 0 Å². The Kier molecular flexibility index (Phi) is 6.25. The molecular formula is C13H22N2O2S. The molecule has 0 aromatic rings. The van der Waals surface area contributed by atoms with E-state index in [-0.39, 0.29) is 24.4 Å². The van der Waals surface area contributed by atoms with Gasteiger partial charge in [-0.2, -0.15) is 11.8 Å². The Morgan fingerprint density at radius 2 is 2.11 bits per heavy atom. The van der Waals surface area contributed by atoms with Crippen molar-refractivity contribution in [1.82, 2.24) is 10.2 Å². The summed E-state index contributed by atoms with van der Waals surface area (Å²) in [5.74, 6) is -0.311. The van der Waals surface area contributed by atoms with E-state index in [9.17, 15) is 9.59 Å². The summed E-state index contributed by atoms with van der Waals surface area (Å²) >= 11 is 1.81. The van der Waals surface area contributed by atoms with Gasteiger partial charge in [0.05, 0.1) is 6.54 Å². The predicted octanol–water partition coefficient (Wildman–Crippen LogP) is 1.42. The molecule has 2 amide bonds. The SMILES string of the molecule is C=CC(=O)N(C)CC(=O)N[C@@H]1CCCC[C@H]1SC. The van der Waals surface area contributed by atoms with Gasteiger partial charge in [0, 0.05) is 18.3 Å². The third-order valence-electron chi connectivity index (χ3n) is 3.28. The van der Waals surface area contributed by atoms with E-state index in [0.717, 1.165) is 12.8 Å². The van der Waals surface area contributed by atoms with Crippen molar-refractivity contribution in [2.45, 2.75) is 37.0 Å². The number of likely N-dealkylation sites (N-methyl/N-ethyl adjacent to an activating group) is 1. The lowest BCUT2D eigenvalue weighted by molar-refractivity contribution is -0.131. The van der Waals surface area contributed by atoms with Crippen LogP contribution in [0.15, 0.2) is 12.7 Å². The van der Waals surface area contributed by atoms with Gasteiger partial charge in [-0.3, -0.25) is 9.59 Å². The van der Waals surface area contributed by atoms with E-state index in [1.807, 2.05) is 11.8 Å². The lowest BCUT2D eigenvalue weighted by Crippen LogP contribution is -2.47. The average molecular weight is 270 g/mol. The van der Waals surface area contributed by atoms with Crippen LogP contribution in [0.25, 0.3) is 0 Å². The molecule has 1 aliphatic rings. The van der Waals surface area contributed by atoms with Crippen LogP contribution in [0, 0.1) is 0 Å². The van der Waals surface area contributed by atoms with Gasteiger partial charge in [-0.1, -0.05) is 19.4 Å². The lowest BCUT2D eigenvalue weighted by Gasteiger charge is -2.31. The molecule has 0 aliphatic heterocycles. The van der Waals surface area contributed by atoms with Crippen molar-refractivity contribution in [1.29, 1.82) is 0 Å². The van der Waals surface area contributed by atoms with Gasteiger partial charge in [0.2, 0.25) is 11.8 Å². The summed E-state index contributed by atoms with van der Waals surface area (Å²) in [6, 6.07) is 0.244. The minimum Gasteiger partial charge on any atom is -0.351 e. The highest BCUT2D eigenvalue weighted by atomic mass is 32.2. The van der Waals surface area contributed by atoms with Crippen LogP contribution in [0.1, 0.15) is 25.7 Å². The van der Waals surface area contributed by atoms with E-state index in [0.29, 0.717) is 5.25 Å². The van der Waals surface area contributed by atoms with Crippen LogP contribution >= 0.6 is 11.8 Å². The third kappa shape index (κ3) is 4.37. The normalized spacial score (nSPS) is 23.2. The van der Waals surface area contributed by atoms with E-state index < -0.39 is 0 Å². The van der Waals surface area contributed by atoms with Crippen LogP contribution in [0.4, 0.5) is 0 Å². The first-order chi connectivity index (χ1) is 8.58. The fourth-order valence-electron chi connectivity index (χ4n) is 2.25. The van der Waals surface area contributed by atoms with E-state index >= 15 is 0 Å². The molecule has 0 heterocycles. The summed E-state index contributed by atoms with van der Waals surface area (Å²) in [6.45, 7) is 3.50. The first-order valence-electron chi connectivity index (χ1n) is 6.28. The molecule has 18 heavy (non-hydrogen) atoms. The number of rotatable bonds is 5. The molecule has 1 aliphatic carbocycles. The van der Waals surface area contributed by atoms with Crippen LogP contribution < -0.4 is 5.32 Å². The second-order valence-electron chi connectivity index (χ2n) is 4.63. The Labute approximate surface area is 113 Å². The summed E-state index contributed by atoms with van der Waals surface area (Å²) in [7, 11) is 1.61. The molecule has 0 radical (unpaired) electrons. The van der Waals surface area contributed by atoms with E-state index in [1.165, 1.54) is 23.8 Å². The molecule has 1 fully saturated rings. The topological polar surface area (TPSA) is 49.4 Å². The van der Waals surface area contributed by atoms with Crippen molar-refractivity contribution >= 4 is 23.6 Å². The lowest BCUT2D eigenvalue weighted by atomic mass is 9.95. The number of thioether (sulfide) groups is 1. The first-order valence-corrected chi connectivity index (χ1v) is 7.57. The van der Waals surface area contributed by atoms with E-state index in [2.05, 4.69) is 18.2 Å². The maximum absolute atomic E-state index is 11.9. The fourth-order valence-corrected chi connectivity index (χ4v) is 3.18. The van der Waals surface area contributed by atoms with Crippen molar-refractivity contribution in [2.24, 2.45) is 0 Å². The third-order valence-corrected chi connectivity index (χ3v) is 4.45. The van der Waals surface area contributed by atoms with Gasteiger partial charge in [0.1, 0.15) is 0 Å². The molecule has 0 aromatic heterocycles. The van der Waals surface area contributed by atoms with Crippen molar-refractivity contribution in [2.75, 3.05) is 19.8 Å². The predicted molar refractivity (Wildman–Crippen MR) is 75.5 cm³/mol. The molecule has 1 N–H and O–H groups in total. The number of amides is 2. The molecule has 1 saturated carbocycles. The number of nitrogens with zero attached hydrogens (tertiary/aromatic N) is 1. The van der Waals surface area contributed by atoms with Crippen LogP contribution in [-0.2, 0) is 9.59 Å². The van der Waals surface area contributed by atoms with E-state index in [4.69, 9.17) is 0 Å². The second kappa shape index (κ2) is 7.46. The van der Waals surface area contributed by atoms with Gasteiger partial charge in [-0.05, 0) is 25.2 Å². The zero-order valence-electron chi connectivity index (χ0n) is 11.1. The minimum atomic E-state index is -0.227. The van der Waals surface area contributed by atoms with Gasteiger partial charge in [-0.25, -0.2) is 0 Å². The Bertz CT molecular complexity index is 320. The van der Waals surface area contributed by atoms with Crippen molar-refractivity contribution in [3.63, 3.8) is 0 Å². The molecule has 4 nitrogen and oxygen atoms in total. The number of carbonyl (C=O) groups excluding carboxylic acids is 2. The highest BCUT2D eigenvalue weighted by Crippen LogP contribution is 2.26. The average Bonchev–Trinajstić information content (AvgIpc) is 2.38. The molecular weight excluding hydrogens is 248 g/mol. The smallest absolute Gasteiger partial charge is 0.246 e. The van der Waals surface area contributed by atoms with Gasteiger partial charge in [0.15, 0.2) is 0 Å². The van der Waals surface area contributed by atoms with Crippen LogP contribution in [0.2, 0.25) is 0 Å². The molecule has 0 unspecified atom stereocenters. The number of carbonyl (C=O) groups is 2. The summed E-state index contributed by atoms with van der Waals surface area (Å²) in [4.78, 5) is 24.5. The zero-order chi connectivity index (χ0) is 13.5. The minimum absolute atomic E-state index is 0.0846. The van der Waals surface area contributed by atoms with E-state index in [1.54, 1.807) is 7.05 Å². The highest BCUT2D eigenvalue weighted by Gasteiger charge is 2.26. The van der Waals surface area contributed by atoms with Gasteiger partial charge >= 0.3 is 0 Å². The maximum Gasteiger partial charge on any atom is 0.246 e. The van der Waals surface area contributed by atoms with Crippen molar-refractivity contribution in [3.05, 3.63) is 12.7 Å². The van der Waals surface area contributed by atoms with Crippen molar-refractivity contribution < 1.29 is 9.59 Å². The first kappa shape index (κ1) is 15.1. The standard InChI is InChI=1S/C13H22N2O2S/c1-4-13(17)15(2)9-12(16)14-10-7-5-6-8-11(10)18-3/h4,10-11H,1,5-9H2,2-3H3,(H,14,16)/t10-,11-/m1/s1. The largest absolute Gasteiger partial charge is 0.351 e. The Morgan fingerprint density at radius 3 is 2.72 bits per heavy atom. The Balaban J connectivity index is 2.43. The summed E-state index contributed by atoms with van der Waals surface area (Å²) in [6.07, 6.45) is 7.92. The highest BCUT2D eigenvalue weighted by molar-refractivity contribution is 7.99. The molecule has 0 aromatic carbocycles. The van der Waals surface area contributed by atoms with Gasteiger partial charge in [0.25, 0.3) is 0 Å². The molecule has 0 spiro atoms. The number of nitrogens with one attached hydrogen (secondary N) is 1. The molecule has 1 rings (SSSR count). The van der Waals surface area contributed by atoms with Crippen molar-refractivity contribution in [3.8, 4) is 0 Å². The zero-order valence-corrected chi connectivity index (χ0v) is 12.0. The fraction of sp³-hybridized carbons (Fsp3) is 0.692. The Hall–Kier alpha value is -0.970. The summed E-state index contributed by atoms with van der Waals surface area (Å²) in [5, 5.41) is 3.54. The number of hydrogen-bond donors (Lipinski definition) is 1. The molecule has 0 saturated heterocycles. The van der Waals surface area contributed by atoms with Crippen LogP contribution in [0.5, 0.6) is 0 Å².